The summed E-state index contributed by atoms with van der Waals surface area (Å²) < 4.78 is 34.5. The van der Waals surface area contributed by atoms with Crippen molar-refractivity contribution in [1.82, 2.24) is 5.32 Å². The van der Waals surface area contributed by atoms with E-state index in [1.54, 1.807) is 6.08 Å². The number of carbonyl (C=O) groups excluding carboxylic acids is 1. The Morgan fingerprint density at radius 1 is 0.325 bits per heavy atom. The molecule has 3 aliphatic rings. The first kappa shape index (κ1) is 105. The summed E-state index contributed by atoms with van der Waals surface area (Å²) in [5, 5.41) is 121. The van der Waals surface area contributed by atoms with Crippen LogP contribution >= 0.6 is 0 Å². The number of aliphatic hydroxyl groups is 11. The Hall–Kier alpha value is -2.77. The molecule has 17 atom stereocenters. The third-order valence-electron chi connectivity index (χ3n) is 23.2. The molecule has 0 aliphatic carbocycles. The van der Waals surface area contributed by atoms with Crippen LogP contribution < -0.4 is 5.32 Å². The van der Waals surface area contributed by atoms with Crippen LogP contribution in [0.25, 0.3) is 0 Å². The van der Waals surface area contributed by atoms with Crippen LogP contribution in [-0.2, 0) is 33.2 Å². The quantitative estimate of drug-likeness (QED) is 0.0199. The van der Waals surface area contributed by atoms with Gasteiger partial charge in [-0.05, 0) is 70.6 Å². The molecule has 12 N–H and O–H groups in total. The Balaban J connectivity index is 1.31. The van der Waals surface area contributed by atoms with E-state index in [4.69, 9.17) is 28.4 Å². The fourth-order valence-corrected chi connectivity index (χ4v) is 15.8. The molecule has 1 amide bonds. The zero-order valence-corrected chi connectivity index (χ0v) is 72.1. The van der Waals surface area contributed by atoms with E-state index in [1.165, 1.54) is 295 Å². The van der Waals surface area contributed by atoms with Crippen LogP contribution in [0.2, 0.25) is 0 Å². The van der Waals surface area contributed by atoms with Gasteiger partial charge in [-0.2, -0.15) is 0 Å². The van der Waals surface area contributed by atoms with Crippen molar-refractivity contribution in [3.05, 3.63) is 72.9 Å². The van der Waals surface area contributed by atoms with E-state index in [0.29, 0.717) is 12.8 Å². The van der Waals surface area contributed by atoms with Gasteiger partial charge in [-0.3, -0.25) is 4.79 Å². The number of hydrogen-bond acceptors (Lipinski definition) is 18. The van der Waals surface area contributed by atoms with E-state index < -0.39 is 124 Å². The minimum absolute atomic E-state index is 0.238. The molecule has 19 nitrogen and oxygen atoms in total. The first-order valence-electron chi connectivity index (χ1n) is 47.2. The topological polar surface area (TPSA) is 307 Å². The second-order valence-electron chi connectivity index (χ2n) is 33.4. The van der Waals surface area contributed by atoms with E-state index in [9.17, 15) is 61.0 Å². The molecule has 19 heteroatoms. The third-order valence-corrected chi connectivity index (χ3v) is 23.2. The molecule has 0 aromatic rings. The molecule has 0 saturated carbocycles. The van der Waals surface area contributed by atoms with Gasteiger partial charge in [0.2, 0.25) is 5.91 Å². The average Bonchev–Trinajstić information content (AvgIpc) is 0.777. The molecular weight excluding hydrogens is 1440 g/mol. The maximum Gasteiger partial charge on any atom is 0.220 e. The van der Waals surface area contributed by atoms with Gasteiger partial charge in [0, 0.05) is 6.42 Å². The van der Waals surface area contributed by atoms with Crippen LogP contribution in [0.1, 0.15) is 393 Å². The van der Waals surface area contributed by atoms with E-state index in [1.807, 2.05) is 6.08 Å². The van der Waals surface area contributed by atoms with E-state index >= 15 is 0 Å². The number of rotatable bonds is 77. The van der Waals surface area contributed by atoms with Crippen molar-refractivity contribution in [2.45, 2.75) is 497 Å². The summed E-state index contributed by atoms with van der Waals surface area (Å²) in [5.41, 5.74) is 0. The Bertz CT molecular complexity index is 2340. The molecule has 666 valence electrons. The summed E-state index contributed by atoms with van der Waals surface area (Å²) in [7, 11) is 0. The first-order chi connectivity index (χ1) is 55.8. The van der Waals surface area contributed by atoms with Gasteiger partial charge in [0.15, 0.2) is 18.9 Å². The minimum Gasteiger partial charge on any atom is -0.394 e. The highest BCUT2D eigenvalue weighted by Crippen LogP contribution is 2.34. The molecule has 114 heavy (non-hydrogen) atoms. The molecule has 3 rings (SSSR count). The average molecular weight is 1620 g/mol. The molecule has 3 heterocycles. The van der Waals surface area contributed by atoms with Gasteiger partial charge in [0.1, 0.15) is 73.2 Å². The first-order valence-corrected chi connectivity index (χ1v) is 47.2. The number of aliphatic hydroxyl groups excluding tert-OH is 11. The van der Waals surface area contributed by atoms with Gasteiger partial charge in [0.25, 0.3) is 0 Å². The molecule has 17 unspecified atom stereocenters. The highest BCUT2D eigenvalue weighted by atomic mass is 16.8. The Labute approximate surface area is 693 Å². The molecule has 0 aromatic heterocycles. The fraction of sp³-hybridized carbons (Fsp3) is 0.863. The molecule has 0 bridgehead atoms. The lowest BCUT2D eigenvalue weighted by Crippen LogP contribution is -2.66. The Kier molecular flexibility index (Phi) is 68.5. The van der Waals surface area contributed by atoms with Crippen LogP contribution in [0.5, 0.6) is 0 Å². The van der Waals surface area contributed by atoms with Crippen molar-refractivity contribution >= 4 is 5.91 Å². The van der Waals surface area contributed by atoms with Crippen LogP contribution in [0.15, 0.2) is 72.9 Å². The van der Waals surface area contributed by atoms with Crippen LogP contribution in [0.4, 0.5) is 0 Å². The maximum atomic E-state index is 13.5. The van der Waals surface area contributed by atoms with Crippen molar-refractivity contribution in [2.24, 2.45) is 0 Å². The molecular formula is C95H173NO18. The van der Waals surface area contributed by atoms with Gasteiger partial charge < -0.3 is 89.9 Å². The molecule has 3 saturated heterocycles. The van der Waals surface area contributed by atoms with Crippen molar-refractivity contribution in [2.75, 3.05) is 26.4 Å². The van der Waals surface area contributed by atoms with Crippen LogP contribution in [0, 0.1) is 0 Å². The number of hydrogen-bond donors (Lipinski definition) is 12. The highest BCUT2D eigenvalue weighted by molar-refractivity contribution is 5.76. The van der Waals surface area contributed by atoms with Crippen LogP contribution in [-0.4, -0.2) is 193 Å². The molecule has 3 aliphatic heterocycles. The molecule has 3 fully saturated rings. The number of allylic oxidation sites excluding steroid dienone is 11. The van der Waals surface area contributed by atoms with E-state index in [-0.39, 0.29) is 18.9 Å². The molecule has 0 aromatic carbocycles. The largest absolute Gasteiger partial charge is 0.394 e. The zero-order chi connectivity index (χ0) is 82.4. The summed E-state index contributed by atoms with van der Waals surface area (Å²) in [5.74, 6) is -0.278. The predicted octanol–water partition coefficient (Wildman–Crippen LogP) is 18.7. The Morgan fingerprint density at radius 2 is 0.614 bits per heavy atom. The number of carbonyl (C=O) groups is 1. The highest BCUT2D eigenvalue weighted by Gasteiger charge is 2.54. The van der Waals surface area contributed by atoms with Gasteiger partial charge in [0.05, 0.1) is 38.6 Å². The number of amides is 1. The Morgan fingerprint density at radius 3 is 0.982 bits per heavy atom. The number of ether oxygens (including phenoxy) is 6. The fourth-order valence-electron chi connectivity index (χ4n) is 15.8. The second kappa shape index (κ2) is 74.1. The summed E-state index contributed by atoms with van der Waals surface area (Å²) in [6.07, 6.45) is 73.6. The lowest BCUT2D eigenvalue weighted by atomic mass is 9.96. The van der Waals surface area contributed by atoms with Gasteiger partial charge in [-0.15, -0.1) is 0 Å². The number of unbranched alkanes of at least 4 members (excludes halogenated alkanes) is 51. The number of nitrogens with one attached hydrogen (secondary N) is 1. The predicted molar refractivity (Wildman–Crippen MR) is 462 cm³/mol. The van der Waals surface area contributed by atoms with Crippen LogP contribution in [0.3, 0.4) is 0 Å². The normalized spacial score (nSPS) is 25.0. The molecule has 0 radical (unpaired) electrons. The monoisotopic (exact) mass is 1620 g/mol. The van der Waals surface area contributed by atoms with Gasteiger partial charge in [-0.1, -0.05) is 389 Å². The third kappa shape index (κ3) is 51.8. The van der Waals surface area contributed by atoms with E-state index in [0.717, 1.165) is 64.2 Å². The summed E-state index contributed by atoms with van der Waals surface area (Å²) in [6.45, 7) is 1.67. The summed E-state index contributed by atoms with van der Waals surface area (Å²) in [4.78, 5) is 13.5. The van der Waals surface area contributed by atoms with Crippen molar-refractivity contribution < 1.29 is 89.4 Å². The van der Waals surface area contributed by atoms with Crippen molar-refractivity contribution in [3.63, 3.8) is 0 Å². The second-order valence-corrected chi connectivity index (χ2v) is 33.4. The lowest BCUT2D eigenvalue weighted by molar-refractivity contribution is -0.379. The standard InChI is InChI=1S/C95H173NO18/c1-3-5-7-9-11-13-15-17-19-21-23-25-27-29-31-33-35-37-38-39-40-41-43-45-47-49-51-53-55-57-59-61-63-65-67-69-71-73-83(101)96-78(79(100)72-70-68-66-64-62-60-58-56-54-52-50-48-46-44-42-36-34-32-30-28-26-24-22-20-18-16-14-12-10-8-6-4-2)77-109-93-89(107)86(104)91(81(75-98)111-93)114-95-90(108)87(105)92(82(76-99)112-95)113-94-88(106)85(103)84(102)80(74-97)110-94/h5,7,11,13,17,19,23,25,62,64,70,72,78-82,84-95,97-100,102-108H,3-4,6,8-10,12,14-16,18,20-22,24,26-61,63,65-69,71,73-77H2,1-2H3,(H,96,101)/b7-5-,13-11-,19-17-,25-23-,64-62+,72-70+. The van der Waals surface area contributed by atoms with E-state index in [2.05, 4.69) is 79.9 Å². The lowest BCUT2D eigenvalue weighted by Gasteiger charge is -2.48. The maximum absolute atomic E-state index is 13.5. The SMILES string of the molecule is CC/C=C\C/C=C\C/C=C\C/C=C\CCCCCCCCCCCCCCCCCCCCCCCCCCC(=O)NC(COC1OC(CO)C(OC2OC(CO)C(OC3OC(CO)C(O)C(O)C3O)C(O)C2O)C(O)C1O)C(O)/C=C/CC/C=C/CCCCCCCCCCCCCCCCCCCCCCCCCCCC. The van der Waals surface area contributed by atoms with Gasteiger partial charge >= 0.3 is 0 Å². The van der Waals surface area contributed by atoms with Crippen molar-refractivity contribution in [3.8, 4) is 0 Å². The zero-order valence-electron chi connectivity index (χ0n) is 72.1. The van der Waals surface area contributed by atoms with Crippen molar-refractivity contribution in [1.29, 1.82) is 0 Å². The minimum atomic E-state index is -1.98. The molecule has 0 spiro atoms. The summed E-state index contributed by atoms with van der Waals surface area (Å²) in [6, 6.07) is -0.993. The summed E-state index contributed by atoms with van der Waals surface area (Å²) >= 11 is 0. The van der Waals surface area contributed by atoms with Gasteiger partial charge in [-0.25, -0.2) is 0 Å². The smallest absolute Gasteiger partial charge is 0.220 e.